The number of thiol groups is 1. The van der Waals surface area contributed by atoms with E-state index in [0.29, 0.717) is 0 Å². The van der Waals surface area contributed by atoms with Gasteiger partial charge in [-0.05, 0) is 12.2 Å². The molecule has 0 rings (SSSR count). The van der Waals surface area contributed by atoms with Gasteiger partial charge in [0.1, 0.15) is 0 Å². The molecule has 0 fully saturated rings. The van der Waals surface area contributed by atoms with Crippen molar-refractivity contribution in [3.63, 3.8) is 0 Å². The Bertz CT molecular complexity index is 79.3. The van der Waals surface area contributed by atoms with Gasteiger partial charge in [-0.1, -0.05) is 38.5 Å². The van der Waals surface area contributed by atoms with Crippen molar-refractivity contribution in [1.29, 1.82) is 0 Å². The lowest BCUT2D eigenvalue weighted by Gasteiger charge is -2.23. The Morgan fingerprint density at radius 2 is 1.70 bits per heavy atom. The van der Waals surface area contributed by atoms with Gasteiger partial charge in [-0.15, -0.1) is 0 Å². The molecule has 0 aromatic rings. The molecule has 0 amide bonds. The Morgan fingerprint density at radius 1 is 1.20 bits per heavy atom. The molecule has 0 unspecified atom stereocenters. The zero-order valence-electron chi connectivity index (χ0n) is 7.48. The van der Waals surface area contributed by atoms with Crippen LogP contribution in [0.3, 0.4) is 0 Å². The van der Waals surface area contributed by atoms with Gasteiger partial charge in [0.25, 0.3) is 0 Å². The maximum Gasteiger partial charge on any atom is 0.0499 e. The fraction of sp³-hybridized carbons (Fsp3) is 1.00. The SMILES string of the molecule is CC[Si](C)(CC)CCCS. The number of hydrogen-bond donors (Lipinski definition) is 1. The van der Waals surface area contributed by atoms with E-state index in [1.165, 1.54) is 24.6 Å². The fourth-order valence-electron chi connectivity index (χ4n) is 1.11. The van der Waals surface area contributed by atoms with Gasteiger partial charge < -0.3 is 0 Å². The molecule has 0 N–H and O–H groups in total. The molecule has 0 spiro atoms. The first-order valence-corrected chi connectivity index (χ1v) is 8.04. The van der Waals surface area contributed by atoms with Crippen LogP contribution in [0.2, 0.25) is 24.7 Å². The Balaban J connectivity index is 3.58. The molecule has 0 aromatic carbocycles. The monoisotopic (exact) mass is 176 g/mol. The predicted octanol–water partition coefficient (Wildman–Crippen LogP) is 3.42. The number of hydrogen-bond acceptors (Lipinski definition) is 1. The Hall–Kier alpha value is 0.567. The molecule has 0 aliphatic carbocycles. The summed E-state index contributed by atoms with van der Waals surface area (Å²) in [6, 6.07) is 4.36. The normalized spacial score (nSPS) is 12.0. The van der Waals surface area contributed by atoms with E-state index < -0.39 is 8.07 Å². The van der Waals surface area contributed by atoms with Gasteiger partial charge in [-0.3, -0.25) is 0 Å². The van der Waals surface area contributed by atoms with Crippen molar-refractivity contribution < 1.29 is 0 Å². The van der Waals surface area contributed by atoms with E-state index in [1.807, 2.05) is 0 Å². The minimum atomic E-state index is -0.767. The molecule has 0 saturated carbocycles. The minimum Gasteiger partial charge on any atom is -0.179 e. The van der Waals surface area contributed by atoms with Crippen LogP contribution in [0.5, 0.6) is 0 Å². The van der Waals surface area contributed by atoms with Gasteiger partial charge in [-0.2, -0.15) is 12.6 Å². The molecule has 0 atom stereocenters. The van der Waals surface area contributed by atoms with Gasteiger partial charge in [0, 0.05) is 8.07 Å². The van der Waals surface area contributed by atoms with Crippen LogP contribution in [0.1, 0.15) is 20.3 Å². The molecule has 0 aromatic heterocycles. The van der Waals surface area contributed by atoms with E-state index in [2.05, 4.69) is 33.0 Å². The average Bonchev–Trinajstić information content (AvgIpc) is 2.00. The van der Waals surface area contributed by atoms with Crippen molar-refractivity contribution in [1.82, 2.24) is 0 Å². The highest BCUT2D eigenvalue weighted by atomic mass is 32.1. The van der Waals surface area contributed by atoms with Gasteiger partial charge in [0.15, 0.2) is 0 Å². The zero-order chi connectivity index (χ0) is 8.04. The first-order chi connectivity index (χ1) is 4.68. The summed E-state index contributed by atoms with van der Waals surface area (Å²) in [5.41, 5.74) is 0. The van der Waals surface area contributed by atoms with Crippen molar-refractivity contribution in [3.05, 3.63) is 0 Å². The highest BCUT2D eigenvalue weighted by Crippen LogP contribution is 2.21. The third-order valence-corrected chi connectivity index (χ3v) is 7.94. The summed E-state index contributed by atoms with van der Waals surface area (Å²) in [7, 11) is -0.767. The second-order valence-electron chi connectivity index (χ2n) is 3.34. The van der Waals surface area contributed by atoms with E-state index in [9.17, 15) is 0 Å². The summed E-state index contributed by atoms with van der Waals surface area (Å²) in [4.78, 5) is 0. The second kappa shape index (κ2) is 5.25. The minimum absolute atomic E-state index is 0.767. The van der Waals surface area contributed by atoms with Crippen molar-refractivity contribution in [3.8, 4) is 0 Å². The van der Waals surface area contributed by atoms with Crippen molar-refractivity contribution in [2.45, 2.75) is 44.9 Å². The summed E-state index contributed by atoms with van der Waals surface area (Å²) in [5.74, 6) is 1.07. The molecule has 10 heavy (non-hydrogen) atoms. The lowest BCUT2D eigenvalue weighted by atomic mass is 10.6. The van der Waals surface area contributed by atoms with Crippen molar-refractivity contribution in [2.75, 3.05) is 5.75 Å². The average molecular weight is 176 g/mol. The van der Waals surface area contributed by atoms with Crippen LogP contribution in [0.25, 0.3) is 0 Å². The van der Waals surface area contributed by atoms with Crippen molar-refractivity contribution in [2.24, 2.45) is 0 Å². The lowest BCUT2D eigenvalue weighted by molar-refractivity contribution is 1.03. The predicted molar refractivity (Wildman–Crippen MR) is 55.9 cm³/mol. The van der Waals surface area contributed by atoms with Crippen LogP contribution in [0, 0.1) is 0 Å². The molecule has 0 saturated heterocycles. The fourth-order valence-corrected chi connectivity index (χ4v) is 3.80. The lowest BCUT2D eigenvalue weighted by Crippen LogP contribution is -2.27. The first kappa shape index (κ1) is 10.6. The molecule has 0 bridgehead atoms. The van der Waals surface area contributed by atoms with Gasteiger partial charge in [-0.25, -0.2) is 0 Å². The van der Waals surface area contributed by atoms with Crippen LogP contribution < -0.4 is 0 Å². The molecular formula is C8H20SSi. The number of rotatable bonds is 5. The van der Waals surface area contributed by atoms with Crippen molar-refractivity contribution >= 4 is 20.7 Å². The Kier molecular flexibility index (Phi) is 5.55. The van der Waals surface area contributed by atoms with E-state index >= 15 is 0 Å². The topological polar surface area (TPSA) is 0 Å². The highest BCUT2D eigenvalue weighted by Gasteiger charge is 2.20. The van der Waals surface area contributed by atoms with E-state index in [1.54, 1.807) is 0 Å². The largest absolute Gasteiger partial charge is 0.179 e. The van der Waals surface area contributed by atoms with Crippen LogP contribution >= 0.6 is 12.6 Å². The molecule has 2 heteroatoms. The standard InChI is InChI=1S/C8H20SSi/c1-4-10(3,5-2)8-6-7-9/h9H,4-8H2,1-3H3. The van der Waals surface area contributed by atoms with Crippen LogP contribution in [0.4, 0.5) is 0 Å². The van der Waals surface area contributed by atoms with Gasteiger partial charge >= 0.3 is 0 Å². The maximum atomic E-state index is 4.23. The molecular weight excluding hydrogens is 156 g/mol. The zero-order valence-corrected chi connectivity index (χ0v) is 9.38. The summed E-state index contributed by atoms with van der Waals surface area (Å²) < 4.78 is 0. The van der Waals surface area contributed by atoms with E-state index in [-0.39, 0.29) is 0 Å². The second-order valence-corrected chi connectivity index (χ2v) is 9.33. The highest BCUT2D eigenvalue weighted by molar-refractivity contribution is 7.80. The van der Waals surface area contributed by atoms with Gasteiger partial charge in [0.2, 0.25) is 0 Å². The molecule has 0 nitrogen and oxygen atoms in total. The van der Waals surface area contributed by atoms with Crippen LogP contribution in [-0.4, -0.2) is 13.8 Å². The maximum absolute atomic E-state index is 4.23. The molecule has 0 radical (unpaired) electrons. The molecule has 0 heterocycles. The first-order valence-electron chi connectivity index (χ1n) is 4.29. The summed E-state index contributed by atoms with van der Waals surface area (Å²) in [6.45, 7) is 7.19. The third kappa shape index (κ3) is 3.67. The van der Waals surface area contributed by atoms with Crippen LogP contribution in [0.15, 0.2) is 0 Å². The Morgan fingerprint density at radius 3 is 2.00 bits per heavy atom. The summed E-state index contributed by atoms with van der Waals surface area (Å²) in [6.07, 6.45) is 1.33. The summed E-state index contributed by atoms with van der Waals surface area (Å²) in [5, 5.41) is 0. The molecule has 0 aliphatic rings. The third-order valence-electron chi connectivity index (χ3n) is 2.65. The smallest absolute Gasteiger partial charge is 0.0499 e. The molecule has 62 valence electrons. The van der Waals surface area contributed by atoms with E-state index in [0.717, 1.165) is 5.75 Å². The quantitative estimate of drug-likeness (QED) is 0.481. The summed E-state index contributed by atoms with van der Waals surface area (Å²) >= 11 is 4.23. The van der Waals surface area contributed by atoms with Crippen LogP contribution in [-0.2, 0) is 0 Å². The van der Waals surface area contributed by atoms with Gasteiger partial charge in [0.05, 0.1) is 0 Å². The molecule has 0 aliphatic heterocycles. The Labute approximate surface area is 71.8 Å². The van der Waals surface area contributed by atoms with E-state index in [4.69, 9.17) is 0 Å².